The Morgan fingerprint density at radius 2 is 2.00 bits per heavy atom. The maximum absolute atomic E-state index is 11.5. The second kappa shape index (κ2) is 6.28. The van der Waals surface area contributed by atoms with Gasteiger partial charge in [0, 0.05) is 12.0 Å². The maximum Gasteiger partial charge on any atom is 0.220 e. The van der Waals surface area contributed by atoms with Crippen molar-refractivity contribution >= 4 is 11.7 Å². The van der Waals surface area contributed by atoms with Gasteiger partial charge in [-0.05, 0) is 11.6 Å². The number of ketones is 1. The molecule has 98 valence electrons. The average Bonchev–Trinajstić information content (AvgIpc) is 2.36. The summed E-state index contributed by atoms with van der Waals surface area (Å²) in [5.41, 5.74) is 5.81. The van der Waals surface area contributed by atoms with Gasteiger partial charge in [-0.15, -0.1) is 0 Å². The normalized spacial score (nSPS) is 13.9. The fraction of sp³-hybridized carbons (Fsp3) is 0.385. The highest BCUT2D eigenvalue weighted by molar-refractivity contribution is 5.96. The van der Waals surface area contributed by atoms with Crippen LogP contribution in [0.2, 0.25) is 0 Å². The Kier molecular flexibility index (Phi) is 5.00. The summed E-state index contributed by atoms with van der Waals surface area (Å²) in [4.78, 5) is 22.2. The van der Waals surface area contributed by atoms with Crippen LogP contribution in [0, 0.1) is 0 Å². The topological polar surface area (TPSA) is 101 Å². The molecule has 0 bridgehead atoms. The predicted octanol–water partition coefficient (Wildman–Crippen LogP) is 0.549. The van der Waals surface area contributed by atoms with Crippen molar-refractivity contribution in [3.63, 3.8) is 0 Å². The molecule has 1 aromatic carbocycles. The number of Topliss-reactive ketones (excluding diaryl/α,β-unsaturated/α-hetero) is 1. The van der Waals surface area contributed by atoms with Crippen LogP contribution in [-0.2, 0) is 4.79 Å². The van der Waals surface area contributed by atoms with Gasteiger partial charge in [0.05, 0.1) is 12.5 Å². The molecule has 0 heterocycles. The van der Waals surface area contributed by atoms with Gasteiger partial charge in [0.25, 0.3) is 0 Å². The van der Waals surface area contributed by atoms with Gasteiger partial charge < -0.3 is 15.9 Å². The lowest BCUT2D eigenvalue weighted by atomic mass is 9.98. The van der Waals surface area contributed by atoms with E-state index in [1.165, 1.54) is 6.07 Å². The van der Waals surface area contributed by atoms with Gasteiger partial charge in [-0.2, -0.15) is 0 Å². The molecular weight excluding hydrogens is 234 g/mol. The predicted molar refractivity (Wildman–Crippen MR) is 65.8 cm³/mol. The van der Waals surface area contributed by atoms with E-state index in [1.54, 1.807) is 25.1 Å². The van der Waals surface area contributed by atoms with E-state index in [0.717, 1.165) is 0 Å². The number of carbonyl (C=O) groups excluding carboxylic acids is 2. The van der Waals surface area contributed by atoms with E-state index in [1.807, 2.05) is 0 Å². The summed E-state index contributed by atoms with van der Waals surface area (Å²) in [7, 11) is 0. The molecule has 2 atom stereocenters. The molecular formula is C13H17NO4. The van der Waals surface area contributed by atoms with E-state index in [9.17, 15) is 19.8 Å². The highest BCUT2D eigenvalue weighted by Gasteiger charge is 2.20. The Balaban J connectivity index is 2.89. The Bertz CT molecular complexity index is 444. The molecule has 1 rings (SSSR count). The second-order valence-corrected chi connectivity index (χ2v) is 4.08. The fourth-order valence-electron chi connectivity index (χ4n) is 1.64. The second-order valence-electron chi connectivity index (χ2n) is 4.08. The molecule has 0 spiro atoms. The monoisotopic (exact) mass is 251 g/mol. The standard InChI is InChI=1S/C13H17NO4/c1-2-10(15)8-4-3-5-9(6-8)13(18)11(16)7-12(14)17/h3-6,11,13,16,18H,2,7H2,1H3,(H2,14,17). The number of hydrogen-bond acceptors (Lipinski definition) is 4. The van der Waals surface area contributed by atoms with Gasteiger partial charge in [-0.1, -0.05) is 25.1 Å². The Morgan fingerprint density at radius 3 is 2.56 bits per heavy atom. The number of hydrogen-bond donors (Lipinski definition) is 3. The van der Waals surface area contributed by atoms with Crippen molar-refractivity contribution in [3.8, 4) is 0 Å². The van der Waals surface area contributed by atoms with E-state index in [-0.39, 0.29) is 12.2 Å². The highest BCUT2D eigenvalue weighted by atomic mass is 16.3. The van der Waals surface area contributed by atoms with Crippen LogP contribution in [0.5, 0.6) is 0 Å². The van der Waals surface area contributed by atoms with Crippen LogP contribution in [0.1, 0.15) is 41.8 Å². The zero-order chi connectivity index (χ0) is 13.7. The molecule has 0 aliphatic rings. The summed E-state index contributed by atoms with van der Waals surface area (Å²) in [6.45, 7) is 1.74. The largest absolute Gasteiger partial charge is 0.390 e. The minimum absolute atomic E-state index is 0.0477. The molecule has 0 aliphatic heterocycles. The average molecular weight is 251 g/mol. The molecule has 0 fully saturated rings. The first-order valence-corrected chi connectivity index (χ1v) is 5.73. The van der Waals surface area contributed by atoms with Gasteiger partial charge in [-0.3, -0.25) is 9.59 Å². The third-order valence-electron chi connectivity index (χ3n) is 2.65. The van der Waals surface area contributed by atoms with Crippen LogP contribution in [0.4, 0.5) is 0 Å². The summed E-state index contributed by atoms with van der Waals surface area (Å²) in [6.07, 6.45) is -2.46. The minimum atomic E-state index is -1.27. The lowest BCUT2D eigenvalue weighted by Crippen LogP contribution is -2.25. The molecule has 2 unspecified atom stereocenters. The zero-order valence-electron chi connectivity index (χ0n) is 10.2. The first kappa shape index (κ1) is 14.3. The summed E-state index contributed by atoms with van der Waals surface area (Å²) in [5, 5.41) is 19.4. The number of aliphatic hydroxyl groups excluding tert-OH is 2. The van der Waals surface area contributed by atoms with Crippen molar-refractivity contribution < 1.29 is 19.8 Å². The third-order valence-corrected chi connectivity index (χ3v) is 2.65. The summed E-state index contributed by atoms with van der Waals surface area (Å²) < 4.78 is 0. The highest BCUT2D eigenvalue weighted by Crippen LogP contribution is 2.20. The first-order chi connectivity index (χ1) is 8.45. The van der Waals surface area contributed by atoms with Crippen molar-refractivity contribution in [2.45, 2.75) is 32.0 Å². The van der Waals surface area contributed by atoms with Gasteiger partial charge in [0.15, 0.2) is 5.78 Å². The van der Waals surface area contributed by atoms with Crippen LogP contribution in [-0.4, -0.2) is 28.0 Å². The number of primary amides is 1. The van der Waals surface area contributed by atoms with Crippen molar-refractivity contribution in [1.82, 2.24) is 0 Å². The van der Waals surface area contributed by atoms with E-state index in [4.69, 9.17) is 5.73 Å². The smallest absolute Gasteiger partial charge is 0.220 e. The lowest BCUT2D eigenvalue weighted by Gasteiger charge is -2.17. The zero-order valence-corrected chi connectivity index (χ0v) is 10.2. The fourth-order valence-corrected chi connectivity index (χ4v) is 1.64. The summed E-state index contributed by atoms with van der Waals surface area (Å²) in [6, 6.07) is 6.36. The molecule has 4 N–H and O–H groups in total. The number of amides is 1. The molecule has 5 nitrogen and oxygen atoms in total. The van der Waals surface area contributed by atoms with Gasteiger partial charge in [-0.25, -0.2) is 0 Å². The Hall–Kier alpha value is -1.72. The Morgan fingerprint density at radius 1 is 1.33 bits per heavy atom. The number of carbonyl (C=O) groups is 2. The quantitative estimate of drug-likeness (QED) is 0.642. The van der Waals surface area contributed by atoms with Crippen LogP contribution >= 0.6 is 0 Å². The van der Waals surface area contributed by atoms with E-state index < -0.39 is 18.1 Å². The van der Waals surface area contributed by atoms with E-state index >= 15 is 0 Å². The van der Waals surface area contributed by atoms with Crippen molar-refractivity contribution in [2.75, 3.05) is 0 Å². The number of aliphatic hydroxyl groups is 2. The van der Waals surface area contributed by atoms with Crippen molar-refractivity contribution in [3.05, 3.63) is 35.4 Å². The molecule has 0 radical (unpaired) electrons. The first-order valence-electron chi connectivity index (χ1n) is 5.73. The van der Waals surface area contributed by atoms with Gasteiger partial charge >= 0.3 is 0 Å². The van der Waals surface area contributed by atoms with Gasteiger partial charge in [0.2, 0.25) is 5.91 Å². The lowest BCUT2D eigenvalue weighted by molar-refractivity contribution is -0.121. The van der Waals surface area contributed by atoms with Crippen molar-refractivity contribution in [1.29, 1.82) is 0 Å². The van der Waals surface area contributed by atoms with Crippen LogP contribution in [0.25, 0.3) is 0 Å². The van der Waals surface area contributed by atoms with Crippen LogP contribution < -0.4 is 5.73 Å². The third kappa shape index (κ3) is 3.65. The van der Waals surface area contributed by atoms with Crippen LogP contribution in [0.3, 0.4) is 0 Å². The Labute approximate surface area is 105 Å². The van der Waals surface area contributed by atoms with E-state index in [2.05, 4.69) is 0 Å². The molecule has 18 heavy (non-hydrogen) atoms. The molecule has 0 aromatic heterocycles. The molecule has 0 saturated carbocycles. The van der Waals surface area contributed by atoms with Gasteiger partial charge in [0.1, 0.15) is 6.10 Å². The van der Waals surface area contributed by atoms with E-state index in [0.29, 0.717) is 17.5 Å². The SMILES string of the molecule is CCC(=O)c1cccc(C(O)C(O)CC(N)=O)c1. The minimum Gasteiger partial charge on any atom is -0.390 e. The molecule has 0 aliphatic carbocycles. The number of rotatable bonds is 6. The molecule has 5 heteroatoms. The number of nitrogens with two attached hydrogens (primary N) is 1. The molecule has 1 aromatic rings. The van der Waals surface area contributed by atoms with Crippen LogP contribution in [0.15, 0.2) is 24.3 Å². The summed E-state index contributed by atoms with van der Waals surface area (Å²) >= 11 is 0. The maximum atomic E-state index is 11.5. The molecule has 1 amide bonds. The number of benzene rings is 1. The molecule has 0 saturated heterocycles. The van der Waals surface area contributed by atoms with Crippen molar-refractivity contribution in [2.24, 2.45) is 5.73 Å². The summed E-state index contributed by atoms with van der Waals surface area (Å²) in [5.74, 6) is -0.740.